The average Bonchev–Trinajstić information content (AvgIpc) is 2.46. The molecular weight excluding hydrogens is 154 g/mol. The largest absolute Gasteiger partial charge is 0.337 e. The highest BCUT2D eigenvalue weighted by Gasteiger charge is 2.03. The second-order valence-corrected chi connectivity index (χ2v) is 2.57. The molecule has 12 heavy (non-hydrogen) atoms. The predicted octanol–water partition coefficient (Wildman–Crippen LogP) is 1.16. The Bertz CT molecular complexity index is 400. The zero-order valence-electron chi connectivity index (χ0n) is 6.53. The van der Waals surface area contributed by atoms with E-state index in [1.54, 1.807) is 12.3 Å². The Morgan fingerprint density at radius 2 is 2.42 bits per heavy atom. The van der Waals surface area contributed by atoms with Crippen LogP contribution in [0.1, 0.15) is 17.4 Å². The summed E-state index contributed by atoms with van der Waals surface area (Å²) >= 11 is 0. The molecule has 4 nitrogen and oxygen atoms in total. The van der Waals surface area contributed by atoms with E-state index >= 15 is 0 Å². The number of H-pyrrole nitrogens is 1. The molecule has 4 heteroatoms. The van der Waals surface area contributed by atoms with E-state index in [4.69, 9.17) is 0 Å². The van der Waals surface area contributed by atoms with Crippen molar-refractivity contribution < 1.29 is 4.79 Å². The summed E-state index contributed by atoms with van der Waals surface area (Å²) in [7, 11) is 0. The molecule has 0 saturated heterocycles. The molecule has 2 aromatic rings. The van der Waals surface area contributed by atoms with Gasteiger partial charge in [-0.2, -0.15) is 0 Å². The standard InChI is InChI=1S/C8H7N3O/c1-5(12)7-2-6-3-9-4-10-8(6)11-7/h2-4H,1H3,(H,9,10,11). The molecule has 0 unspecified atom stereocenters. The van der Waals surface area contributed by atoms with Crippen LogP contribution in [0.5, 0.6) is 0 Å². The van der Waals surface area contributed by atoms with Gasteiger partial charge in [0, 0.05) is 18.5 Å². The maximum absolute atomic E-state index is 10.9. The van der Waals surface area contributed by atoms with Crippen molar-refractivity contribution in [3.05, 3.63) is 24.3 Å². The Hall–Kier alpha value is -1.71. The minimum Gasteiger partial charge on any atom is -0.337 e. The van der Waals surface area contributed by atoms with Gasteiger partial charge in [-0.25, -0.2) is 9.97 Å². The van der Waals surface area contributed by atoms with Crippen molar-refractivity contribution in [2.45, 2.75) is 6.92 Å². The highest BCUT2D eigenvalue weighted by molar-refractivity contribution is 5.96. The maximum Gasteiger partial charge on any atom is 0.176 e. The summed E-state index contributed by atoms with van der Waals surface area (Å²) in [5.74, 6) is 0.00741. The fourth-order valence-electron chi connectivity index (χ4n) is 1.06. The third-order valence-electron chi connectivity index (χ3n) is 1.67. The van der Waals surface area contributed by atoms with E-state index in [9.17, 15) is 4.79 Å². The molecule has 2 heterocycles. The van der Waals surface area contributed by atoms with Crippen molar-refractivity contribution >= 4 is 16.8 Å². The first-order valence-corrected chi connectivity index (χ1v) is 3.57. The molecule has 0 aliphatic rings. The molecule has 0 fully saturated rings. The Balaban J connectivity index is 2.70. The van der Waals surface area contributed by atoms with Gasteiger partial charge in [0.15, 0.2) is 5.78 Å². The van der Waals surface area contributed by atoms with E-state index in [1.807, 2.05) is 0 Å². The first-order chi connectivity index (χ1) is 5.77. The van der Waals surface area contributed by atoms with Crippen LogP contribution in [0.25, 0.3) is 11.0 Å². The quantitative estimate of drug-likeness (QED) is 0.638. The van der Waals surface area contributed by atoms with Crippen molar-refractivity contribution in [2.24, 2.45) is 0 Å². The summed E-state index contributed by atoms with van der Waals surface area (Å²) in [6.07, 6.45) is 3.12. The lowest BCUT2D eigenvalue weighted by Gasteiger charge is -1.84. The van der Waals surface area contributed by atoms with E-state index < -0.39 is 0 Å². The van der Waals surface area contributed by atoms with Gasteiger partial charge in [0.25, 0.3) is 0 Å². The highest BCUT2D eigenvalue weighted by Crippen LogP contribution is 2.10. The fourth-order valence-corrected chi connectivity index (χ4v) is 1.06. The molecule has 0 bridgehead atoms. The smallest absolute Gasteiger partial charge is 0.176 e. The second kappa shape index (κ2) is 2.41. The third kappa shape index (κ3) is 0.972. The number of fused-ring (bicyclic) bond motifs is 1. The van der Waals surface area contributed by atoms with Gasteiger partial charge in [-0.15, -0.1) is 0 Å². The van der Waals surface area contributed by atoms with E-state index in [-0.39, 0.29) is 5.78 Å². The Morgan fingerprint density at radius 1 is 1.58 bits per heavy atom. The lowest BCUT2D eigenvalue weighted by molar-refractivity contribution is 0.101. The van der Waals surface area contributed by atoms with E-state index in [0.717, 1.165) is 5.39 Å². The lowest BCUT2D eigenvalue weighted by atomic mass is 10.3. The molecule has 1 N–H and O–H groups in total. The molecule has 0 saturated carbocycles. The summed E-state index contributed by atoms with van der Waals surface area (Å²) in [5, 5.41) is 0.864. The van der Waals surface area contributed by atoms with Gasteiger partial charge in [-0.3, -0.25) is 4.79 Å². The van der Waals surface area contributed by atoms with Crippen molar-refractivity contribution in [1.82, 2.24) is 15.0 Å². The zero-order chi connectivity index (χ0) is 8.55. The lowest BCUT2D eigenvalue weighted by Crippen LogP contribution is -1.90. The van der Waals surface area contributed by atoms with Crippen molar-refractivity contribution in [3.63, 3.8) is 0 Å². The summed E-state index contributed by atoms with van der Waals surface area (Å²) in [6.45, 7) is 1.51. The summed E-state index contributed by atoms with van der Waals surface area (Å²) in [4.78, 5) is 21.6. The molecule has 0 aromatic carbocycles. The molecule has 60 valence electrons. The minimum absolute atomic E-state index is 0.00741. The number of carbonyl (C=O) groups is 1. The number of aromatic nitrogens is 3. The predicted molar refractivity (Wildman–Crippen MR) is 43.9 cm³/mol. The van der Waals surface area contributed by atoms with Crippen molar-refractivity contribution in [1.29, 1.82) is 0 Å². The number of nitrogens with one attached hydrogen (secondary N) is 1. The second-order valence-electron chi connectivity index (χ2n) is 2.57. The number of hydrogen-bond donors (Lipinski definition) is 1. The number of rotatable bonds is 1. The highest BCUT2D eigenvalue weighted by atomic mass is 16.1. The minimum atomic E-state index is 0.00741. The molecule has 0 spiro atoms. The van der Waals surface area contributed by atoms with E-state index in [1.165, 1.54) is 13.3 Å². The topological polar surface area (TPSA) is 58.6 Å². The number of carbonyl (C=O) groups excluding carboxylic acids is 1. The number of ketones is 1. The third-order valence-corrected chi connectivity index (χ3v) is 1.67. The van der Waals surface area contributed by atoms with Crippen LogP contribution >= 0.6 is 0 Å². The van der Waals surface area contributed by atoms with E-state index in [0.29, 0.717) is 11.3 Å². The SMILES string of the molecule is CC(=O)c1cc2cncnc2[nH]1. The van der Waals surface area contributed by atoms with Gasteiger partial charge in [0.2, 0.25) is 0 Å². The molecule has 0 aliphatic heterocycles. The van der Waals surface area contributed by atoms with Crippen molar-refractivity contribution in [3.8, 4) is 0 Å². The molecule has 0 radical (unpaired) electrons. The van der Waals surface area contributed by atoms with Crippen LogP contribution in [-0.2, 0) is 0 Å². The molecule has 2 rings (SSSR count). The van der Waals surface area contributed by atoms with Gasteiger partial charge in [0.05, 0.1) is 5.69 Å². The van der Waals surface area contributed by atoms with Gasteiger partial charge < -0.3 is 4.98 Å². The van der Waals surface area contributed by atoms with Crippen LogP contribution in [0.3, 0.4) is 0 Å². The number of Topliss-reactive ketones (excluding diaryl/α,β-unsaturated/α-hetero) is 1. The zero-order valence-corrected chi connectivity index (χ0v) is 6.53. The summed E-state index contributed by atoms with van der Waals surface area (Å²) in [6, 6.07) is 1.75. The summed E-state index contributed by atoms with van der Waals surface area (Å²) < 4.78 is 0. The van der Waals surface area contributed by atoms with Crippen LogP contribution in [-0.4, -0.2) is 20.7 Å². The Morgan fingerprint density at radius 3 is 3.08 bits per heavy atom. The van der Waals surface area contributed by atoms with Crippen LogP contribution in [0.4, 0.5) is 0 Å². The maximum atomic E-state index is 10.9. The Labute approximate surface area is 68.7 Å². The summed E-state index contributed by atoms with van der Waals surface area (Å²) in [5.41, 5.74) is 1.28. The molecule has 0 aliphatic carbocycles. The van der Waals surface area contributed by atoms with Crippen LogP contribution in [0, 0.1) is 0 Å². The molecule has 0 atom stereocenters. The van der Waals surface area contributed by atoms with Crippen LogP contribution < -0.4 is 0 Å². The normalized spacial score (nSPS) is 10.4. The van der Waals surface area contributed by atoms with E-state index in [2.05, 4.69) is 15.0 Å². The molecular formula is C8H7N3O. The Kier molecular flexibility index (Phi) is 1.40. The van der Waals surface area contributed by atoms with Gasteiger partial charge >= 0.3 is 0 Å². The van der Waals surface area contributed by atoms with Gasteiger partial charge in [0.1, 0.15) is 12.0 Å². The first kappa shape index (κ1) is 6.97. The fraction of sp³-hybridized carbons (Fsp3) is 0.125. The average molecular weight is 161 g/mol. The first-order valence-electron chi connectivity index (χ1n) is 3.57. The monoisotopic (exact) mass is 161 g/mol. The number of hydrogen-bond acceptors (Lipinski definition) is 3. The van der Waals surface area contributed by atoms with Gasteiger partial charge in [-0.1, -0.05) is 0 Å². The molecule has 0 amide bonds. The van der Waals surface area contributed by atoms with Crippen molar-refractivity contribution in [2.75, 3.05) is 0 Å². The van der Waals surface area contributed by atoms with Crippen LogP contribution in [0.15, 0.2) is 18.6 Å². The van der Waals surface area contributed by atoms with Gasteiger partial charge in [-0.05, 0) is 6.07 Å². The number of aromatic amines is 1. The van der Waals surface area contributed by atoms with Crippen LogP contribution in [0.2, 0.25) is 0 Å². The number of nitrogens with zero attached hydrogens (tertiary/aromatic N) is 2. The molecule has 2 aromatic heterocycles.